The number of carbonyl (C=O) groups is 1. The topological polar surface area (TPSA) is 55.8 Å². The summed E-state index contributed by atoms with van der Waals surface area (Å²) in [5.41, 5.74) is 3.51. The summed E-state index contributed by atoms with van der Waals surface area (Å²) in [5, 5.41) is 12.5. The van der Waals surface area contributed by atoms with Crippen LogP contribution in [0.25, 0.3) is 0 Å². The highest BCUT2D eigenvalue weighted by atomic mass is 28.4. The zero-order valence-corrected chi connectivity index (χ0v) is 29.3. The molecule has 0 aliphatic rings. The summed E-state index contributed by atoms with van der Waals surface area (Å²) in [6.07, 6.45) is 8.33. The van der Waals surface area contributed by atoms with Crippen molar-refractivity contribution in [3.63, 3.8) is 0 Å². The van der Waals surface area contributed by atoms with E-state index in [1.54, 1.807) is 6.08 Å². The van der Waals surface area contributed by atoms with Crippen LogP contribution in [-0.2, 0) is 14.0 Å². The largest absolute Gasteiger partial charge is 0.463 e. The van der Waals surface area contributed by atoms with Crippen LogP contribution in [-0.4, -0.2) is 45.8 Å². The molecule has 0 unspecified atom stereocenters. The maximum atomic E-state index is 11.7. The van der Waals surface area contributed by atoms with E-state index in [9.17, 15) is 9.90 Å². The quantitative estimate of drug-likeness (QED) is 0.124. The number of hydrogen-bond acceptors (Lipinski definition) is 4. The number of aliphatic hydroxyl groups excluding tert-OH is 1. The average molecular weight is 615 g/mol. The van der Waals surface area contributed by atoms with Crippen LogP contribution in [0, 0.1) is 23.3 Å². The number of benzene rings is 2. The first kappa shape index (κ1) is 36.1. The van der Waals surface area contributed by atoms with E-state index in [4.69, 9.17) is 9.16 Å². The Morgan fingerprint density at radius 1 is 0.953 bits per heavy atom. The molecule has 43 heavy (non-hydrogen) atoms. The van der Waals surface area contributed by atoms with Crippen LogP contribution < -0.4 is 10.4 Å². The van der Waals surface area contributed by atoms with Crippen LogP contribution >= 0.6 is 0 Å². The maximum absolute atomic E-state index is 11.7. The first-order valence-electron chi connectivity index (χ1n) is 15.3. The Balaban J connectivity index is 2.30. The van der Waals surface area contributed by atoms with Crippen molar-refractivity contribution < 1.29 is 19.1 Å². The molecule has 0 aromatic heterocycles. The van der Waals surface area contributed by atoms with Crippen molar-refractivity contribution in [2.24, 2.45) is 0 Å². The second-order valence-electron chi connectivity index (χ2n) is 13.1. The van der Waals surface area contributed by atoms with Crippen molar-refractivity contribution in [2.45, 2.75) is 103 Å². The predicted octanol–water partition coefficient (Wildman–Crippen LogP) is 6.80. The lowest BCUT2D eigenvalue weighted by molar-refractivity contribution is -0.147. The van der Waals surface area contributed by atoms with E-state index in [1.165, 1.54) is 10.4 Å². The molecule has 1 N–H and O–H groups in total. The number of rotatable bonds is 12. The van der Waals surface area contributed by atoms with Gasteiger partial charge in [-0.05, 0) is 48.2 Å². The third-order valence-electron chi connectivity index (χ3n) is 6.60. The van der Waals surface area contributed by atoms with Gasteiger partial charge in [0.25, 0.3) is 8.32 Å². The third-order valence-corrected chi connectivity index (χ3v) is 12.6. The molecule has 230 valence electrons. The first-order valence-corrected chi connectivity index (χ1v) is 20.7. The van der Waals surface area contributed by atoms with Gasteiger partial charge in [-0.25, -0.2) is 0 Å². The van der Waals surface area contributed by atoms with Gasteiger partial charge in [-0.15, -0.1) is 11.5 Å². The molecule has 0 fully saturated rings. The molecule has 2 aromatic rings. The Morgan fingerprint density at radius 2 is 1.53 bits per heavy atom. The van der Waals surface area contributed by atoms with Gasteiger partial charge in [-0.3, -0.25) is 4.79 Å². The minimum absolute atomic E-state index is 0.128. The van der Waals surface area contributed by atoms with E-state index >= 15 is 0 Å². The molecule has 0 heterocycles. The monoisotopic (exact) mass is 614 g/mol. The highest BCUT2D eigenvalue weighted by molar-refractivity contribution is 6.99. The summed E-state index contributed by atoms with van der Waals surface area (Å²) in [6.45, 7) is 17.2. The molecule has 0 spiro atoms. The number of ether oxygens (including phenoxy) is 1. The number of hydrogen-bond donors (Lipinski definition) is 1. The van der Waals surface area contributed by atoms with Crippen LogP contribution in [0.4, 0.5) is 0 Å². The fourth-order valence-electron chi connectivity index (χ4n) is 4.75. The van der Waals surface area contributed by atoms with Gasteiger partial charge in [0, 0.05) is 12.8 Å². The van der Waals surface area contributed by atoms with Gasteiger partial charge in [0.2, 0.25) is 0 Å². The van der Waals surface area contributed by atoms with Crippen molar-refractivity contribution in [3.05, 3.63) is 85.0 Å². The van der Waals surface area contributed by atoms with E-state index in [0.29, 0.717) is 19.3 Å². The van der Waals surface area contributed by atoms with Crippen LogP contribution in [0.1, 0.15) is 60.3 Å². The van der Waals surface area contributed by atoms with Crippen LogP contribution in [0.5, 0.6) is 0 Å². The Morgan fingerprint density at radius 3 is 2.05 bits per heavy atom. The SMILES string of the molecule is CC(C)OC(=O)CCC[C@H](O)C#CC=CC=C[C@@H](CC#C[Si](C)(C)C)O[Si](c1ccccc1)(c1ccccc1)C(C)(C)C. The normalized spacial score (nSPS) is 13.7. The van der Waals surface area contributed by atoms with Gasteiger partial charge in [0.1, 0.15) is 14.2 Å². The molecule has 2 aromatic carbocycles. The molecule has 0 aliphatic carbocycles. The highest BCUT2D eigenvalue weighted by Gasteiger charge is 2.51. The molecular weight excluding hydrogens is 565 g/mol. The summed E-state index contributed by atoms with van der Waals surface area (Å²) in [5.74, 6) is 8.94. The second-order valence-corrected chi connectivity index (χ2v) is 22.1. The number of carbonyl (C=O) groups excluding carboxylic acids is 1. The summed E-state index contributed by atoms with van der Waals surface area (Å²) < 4.78 is 12.5. The molecule has 0 radical (unpaired) electrons. The fraction of sp³-hybridized carbons (Fsp3) is 0.432. The average Bonchev–Trinajstić information content (AvgIpc) is 2.92. The zero-order valence-electron chi connectivity index (χ0n) is 27.3. The van der Waals surface area contributed by atoms with Crippen molar-refractivity contribution >= 4 is 32.7 Å². The summed E-state index contributed by atoms with van der Waals surface area (Å²) >= 11 is 0. The van der Waals surface area contributed by atoms with Crippen molar-refractivity contribution in [3.8, 4) is 23.3 Å². The van der Waals surface area contributed by atoms with Gasteiger partial charge in [0.15, 0.2) is 0 Å². The van der Waals surface area contributed by atoms with Gasteiger partial charge in [-0.1, -0.05) is 131 Å². The van der Waals surface area contributed by atoms with E-state index in [1.807, 2.05) is 26.0 Å². The van der Waals surface area contributed by atoms with Crippen LogP contribution in [0.15, 0.2) is 85.0 Å². The summed E-state index contributed by atoms with van der Waals surface area (Å²) in [4.78, 5) is 11.7. The van der Waals surface area contributed by atoms with Crippen molar-refractivity contribution in [1.82, 2.24) is 0 Å². The smallest absolute Gasteiger partial charge is 0.306 e. The van der Waals surface area contributed by atoms with Crippen LogP contribution in [0.3, 0.4) is 0 Å². The lowest BCUT2D eigenvalue weighted by Crippen LogP contribution is -2.67. The second kappa shape index (κ2) is 17.2. The van der Waals surface area contributed by atoms with Crippen molar-refractivity contribution in [1.29, 1.82) is 0 Å². The van der Waals surface area contributed by atoms with E-state index in [0.717, 1.165) is 0 Å². The summed E-state index contributed by atoms with van der Waals surface area (Å²) in [7, 11) is -4.30. The first-order chi connectivity index (χ1) is 20.2. The standard InChI is InChI=1S/C37H50O4Si2/c1-31(2)40-36(39)29-19-22-32(38)21-13-9-10-14-23-33(24-20-30-42(6,7)8)41-43(37(3,4)5,34-25-15-11-16-26-34)35-27-17-12-18-28-35/h9-12,14-18,23,25-28,31-33,38H,19,22,24,29H2,1-8H3/t32-,33+/m1/s1. The molecule has 0 bridgehead atoms. The van der Waals surface area contributed by atoms with Gasteiger partial charge in [-0.2, -0.15) is 0 Å². The highest BCUT2D eigenvalue weighted by Crippen LogP contribution is 2.38. The molecule has 0 aliphatic heterocycles. The van der Waals surface area contributed by atoms with E-state index < -0.39 is 22.5 Å². The number of aliphatic hydroxyl groups is 1. The lowest BCUT2D eigenvalue weighted by atomic mass is 10.1. The molecule has 0 saturated carbocycles. The van der Waals surface area contributed by atoms with E-state index in [2.05, 4.69) is 130 Å². The third kappa shape index (κ3) is 12.6. The molecule has 2 atom stereocenters. The van der Waals surface area contributed by atoms with Crippen LogP contribution in [0.2, 0.25) is 24.7 Å². The summed E-state index contributed by atoms with van der Waals surface area (Å²) in [6, 6.07) is 21.3. The Labute approximate surface area is 262 Å². The molecule has 0 saturated heterocycles. The Bertz CT molecular complexity index is 1270. The molecule has 0 amide bonds. The minimum Gasteiger partial charge on any atom is -0.463 e. The Kier molecular flexibility index (Phi) is 14.4. The number of allylic oxidation sites excluding steroid dienone is 3. The van der Waals surface area contributed by atoms with Gasteiger partial charge >= 0.3 is 5.97 Å². The maximum Gasteiger partial charge on any atom is 0.306 e. The van der Waals surface area contributed by atoms with E-state index in [-0.39, 0.29) is 29.6 Å². The van der Waals surface area contributed by atoms with Crippen molar-refractivity contribution in [2.75, 3.05) is 0 Å². The minimum atomic E-state index is -2.75. The fourth-order valence-corrected chi connectivity index (χ4v) is 10.0. The zero-order chi connectivity index (χ0) is 31.9. The molecule has 2 rings (SSSR count). The van der Waals surface area contributed by atoms with Gasteiger partial charge in [0.05, 0.1) is 12.2 Å². The van der Waals surface area contributed by atoms with Gasteiger partial charge < -0.3 is 14.3 Å². The molecule has 6 heteroatoms. The molecule has 4 nitrogen and oxygen atoms in total. The molecular formula is C37H50O4Si2. The lowest BCUT2D eigenvalue weighted by Gasteiger charge is -2.44. The Hall–Kier alpha value is -3.14. The predicted molar refractivity (Wildman–Crippen MR) is 185 cm³/mol. The number of esters is 1.